The molecule has 110 valence electrons. The fourth-order valence-electron chi connectivity index (χ4n) is 3.24. The topological polar surface area (TPSA) is 101 Å². The molecule has 2 N–H and O–H groups in total. The second kappa shape index (κ2) is 4.96. The molecular weight excluding hydrogens is 300 g/mol. The van der Waals surface area contributed by atoms with Crippen LogP contribution in [0.1, 0.15) is 25.7 Å². The summed E-state index contributed by atoms with van der Waals surface area (Å²) >= 11 is 1.02. The molecule has 0 radical (unpaired) electrons. The number of nitrogens with zero attached hydrogens (tertiary/aromatic N) is 2. The Morgan fingerprint density at radius 2 is 2.00 bits per heavy atom. The molecule has 2 aliphatic rings. The Morgan fingerprint density at radius 1 is 1.25 bits per heavy atom. The fraction of sp³-hybridized carbons (Fsp3) is 0.727. The highest BCUT2D eigenvalue weighted by Gasteiger charge is 2.43. The van der Waals surface area contributed by atoms with E-state index in [1.165, 1.54) is 6.42 Å². The van der Waals surface area contributed by atoms with E-state index in [0.29, 0.717) is 17.0 Å². The van der Waals surface area contributed by atoms with E-state index in [2.05, 4.69) is 20.2 Å². The molecule has 1 aromatic heterocycles. The fourth-order valence-corrected chi connectivity index (χ4v) is 4.71. The molecule has 2 aliphatic carbocycles. The third-order valence-corrected chi connectivity index (χ3v) is 5.45. The monoisotopic (exact) mass is 316 g/mol. The number of sulfonamides is 1. The number of amides is 1. The molecule has 0 spiro atoms. The zero-order chi connectivity index (χ0) is 14.3. The van der Waals surface area contributed by atoms with Gasteiger partial charge in [-0.05, 0) is 31.1 Å². The third-order valence-electron chi connectivity index (χ3n) is 4.00. The number of hydrogen-bond donors (Lipinski definition) is 2. The van der Waals surface area contributed by atoms with Crippen molar-refractivity contribution < 1.29 is 13.2 Å². The number of rotatable bonds is 4. The van der Waals surface area contributed by atoms with Gasteiger partial charge in [-0.1, -0.05) is 17.8 Å². The van der Waals surface area contributed by atoms with Crippen molar-refractivity contribution in [1.29, 1.82) is 0 Å². The molecule has 1 amide bonds. The van der Waals surface area contributed by atoms with Gasteiger partial charge in [0.1, 0.15) is 0 Å². The first-order valence-corrected chi connectivity index (χ1v) is 9.23. The molecule has 3 rings (SSSR count). The summed E-state index contributed by atoms with van der Waals surface area (Å²) in [7, 11) is -3.37. The number of hydrogen-bond acceptors (Lipinski definition) is 6. The molecule has 7 nitrogen and oxygen atoms in total. The molecule has 1 heterocycles. The molecule has 0 aliphatic heterocycles. The summed E-state index contributed by atoms with van der Waals surface area (Å²) in [5.74, 6) is 1.26. The molecule has 3 unspecified atom stereocenters. The number of aromatic nitrogens is 2. The summed E-state index contributed by atoms with van der Waals surface area (Å²) in [6.07, 6.45) is 5.55. The SMILES string of the molecule is CS(=O)(=O)Nc1nnc(NC(=O)C2CC3CCC2C3)s1. The van der Waals surface area contributed by atoms with E-state index < -0.39 is 10.0 Å². The van der Waals surface area contributed by atoms with Gasteiger partial charge in [0.25, 0.3) is 0 Å². The summed E-state index contributed by atoms with van der Waals surface area (Å²) in [6, 6.07) is 0. The van der Waals surface area contributed by atoms with Gasteiger partial charge in [-0.3, -0.25) is 9.52 Å². The van der Waals surface area contributed by atoms with Gasteiger partial charge in [0.15, 0.2) is 0 Å². The lowest BCUT2D eigenvalue weighted by atomic mass is 9.88. The van der Waals surface area contributed by atoms with Crippen molar-refractivity contribution in [3.05, 3.63) is 0 Å². The first-order chi connectivity index (χ1) is 9.40. The third kappa shape index (κ3) is 2.93. The van der Waals surface area contributed by atoms with E-state index in [4.69, 9.17) is 0 Å². The molecule has 2 fully saturated rings. The highest BCUT2D eigenvalue weighted by atomic mass is 32.2. The van der Waals surface area contributed by atoms with Crippen LogP contribution in [-0.2, 0) is 14.8 Å². The Bertz CT molecular complexity index is 627. The summed E-state index contributed by atoms with van der Waals surface area (Å²) in [6.45, 7) is 0. The van der Waals surface area contributed by atoms with E-state index in [9.17, 15) is 13.2 Å². The van der Waals surface area contributed by atoms with Crippen LogP contribution in [0.5, 0.6) is 0 Å². The van der Waals surface area contributed by atoms with Crippen molar-refractivity contribution in [2.45, 2.75) is 25.7 Å². The van der Waals surface area contributed by atoms with Crippen LogP contribution in [-0.4, -0.2) is 30.8 Å². The molecule has 2 saturated carbocycles. The normalized spacial score (nSPS) is 28.6. The first kappa shape index (κ1) is 13.7. The molecular formula is C11H16N4O3S2. The van der Waals surface area contributed by atoms with Gasteiger partial charge < -0.3 is 5.32 Å². The van der Waals surface area contributed by atoms with E-state index in [1.54, 1.807) is 0 Å². The van der Waals surface area contributed by atoms with Crippen molar-refractivity contribution in [3.8, 4) is 0 Å². The molecule has 0 saturated heterocycles. The maximum atomic E-state index is 12.2. The van der Waals surface area contributed by atoms with Crippen LogP contribution in [0.2, 0.25) is 0 Å². The van der Waals surface area contributed by atoms with Crippen LogP contribution >= 0.6 is 11.3 Å². The van der Waals surface area contributed by atoms with Gasteiger partial charge in [0, 0.05) is 5.92 Å². The summed E-state index contributed by atoms with van der Waals surface area (Å²) in [5, 5.41) is 10.7. The molecule has 3 atom stereocenters. The van der Waals surface area contributed by atoms with Crippen molar-refractivity contribution in [2.75, 3.05) is 16.3 Å². The maximum Gasteiger partial charge on any atom is 0.231 e. The predicted molar refractivity (Wildman–Crippen MR) is 75.9 cm³/mol. The van der Waals surface area contributed by atoms with Crippen LogP contribution in [0.15, 0.2) is 0 Å². The van der Waals surface area contributed by atoms with Crippen molar-refractivity contribution in [2.24, 2.45) is 17.8 Å². The van der Waals surface area contributed by atoms with E-state index in [-0.39, 0.29) is 17.0 Å². The van der Waals surface area contributed by atoms with Crippen LogP contribution in [0, 0.1) is 17.8 Å². The molecule has 2 bridgehead atoms. The van der Waals surface area contributed by atoms with Gasteiger partial charge in [-0.25, -0.2) is 8.42 Å². The number of carbonyl (C=O) groups excluding carboxylic acids is 1. The second-order valence-corrected chi connectivity index (χ2v) is 8.28. The first-order valence-electron chi connectivity index (χ1n) is 6.53. The highest BCUT2D eigenvalue weighted by molar-refractivity contribution is 7.92. The molecule has 1 aromatic rings. The Labute approximate surface area is 121 Å². The van der Waals surface area contributed by atoms with Gasteiger partial charge in [0.05, 0.1) is 6.26 Å². The van der Waals surface area contributed by atoms with Gasteiger partial charge in [0.2, 0.25) is 26.2 Å². The number of anilines is 2. The summed E-state index contributed by atoms with van der Waals surface area (Å²) in [4.78, 5) is 12.2. The molecule has 20 heavy (non-hydrogen) atoms. The zero-order valence-electron chi connectivity index (χ0n) is 11.0. The second-order valence-electron chi connectivity index (χ2n) is 5.56. The van der Waals surface area contributed by atoms with Crippen LogP contribution in [0.4, 0.5) is 10.3 Å². The van der Waals surface area contributed by atoms with Crippen molar-refractivity contribution in [3.63, 3.8) is 0 Å². The Kier molecular flexibility index (Phi) is 3.41. The van der Waals surface area contributed by atoms with Crippen molar-refractivity contribution in [1.82, 2.24) is 10.2 Å². The Balaban J connectivity index is 1.62. The highest BCUT2D eigenvalue weighted by Crippen LogP contribution is 2.48. The minimum atomic E-state index is -3.37. The largest absolute Gasteiger partial charge is 0.300 e. The quantitative estimate of drug-likeness (QED) is 0.871. The Morgan fingerprint density at radius 3 is 2.60 bits per heavy atom. The lowest BCUT2D eigenvalue weighted by molar-refractivity contribution is -0.121. The number of fused-ring (bicyclic) bond motifs is 2. The van der Waals surface area contributed by atoms with Crippen LogP contribution in [0.25, 0.3) is 0 Å². The van der Waals surface area contributed by atoms with E-state index in [0.717, 1.165) is 36.9 Å². The van der Waals surface area contributed by atoms with Crippen LogP contribution in [0.3, 0.4) is 0 Å². The lowest BCUT2D eigenvalue weighted by Gasteiger charge is -2.19. The zero-order valence-corrected chi connectivity index (χ0v) is 12.6. The van der Waals surface area contributed by atoms with Crippen LogP contribution < -0.4 is 10.0 Å². The van der Waals surface area contributed by atoms with Crippen molar-refractivity contribution >= 4 is 37.5 Å². The minimum Gasteiger partial charge on any atom is -0.300 e. The van der Waals surface area contributed by atoms with E-state index >= 15 is 0 Å². The molecule has 9 heteroatoms. The maximum absolute atomic E-state index is 12.2. The molecule has 0 aromatic carbocycles. The van der Waals surface area contributed by atoms with Gasteiger partial charge >= 0.3 is 0 Å². The number of nitrogens with one attached hydrogen (secondary N) is 2. The average Bonchev–Trinajstić information content (AvgIpc) is 3.02. The lowest BCUT2D eigenvalue weighted by Crippen LogP contribution is -2.27. The van der Waals surface area contributed by atoms with Gasteiger partial charge in [-0.15, -0.1) is 10.2 Å². The summed E-state index contributed by atoms with van der Waals surface area (Å²) < 4.78 is 24.4. The smallest absolute Gasteiger partial charge is 0.231 e. The van der Waals surface area contributed by atoms with Gasteiger partial charge in [-0.2, -0.15) is 0 Å². The predicted octanol–water partition coefficient (Wildman–Crippen LogP) is 1.28. The number of carbonyl (C=O) groups is 1. The average molecular weight is 316 g/mol. The minimum absolute atomic E-state index is 0.0146. The van der Waals surface area contributed by atoms with E-state index in [1.807, 2.05) is 0 Å². The Hall–Kier alpha value is -1.22. The standard InChI is InChI=1S/C11H16N4O3S2/c1-20(17,18)15-11-14-13-10(19-11)12-9(16)8-5-6-2-3-7(8)4-6/h6-8H,2-5H2,1H3,(H,14,15)(H,12,13,16). The summed E-state index contributed by atoms with van der Waals surface area (Å²) in [5.41, 5.74) is 0.